The first-order valence-corrected chi connectivity index (χ1v) is 8.20. The van der Waals surface area contributed by atoms with E-state index in [4.69, 9.17) is 10.2 Å². The highest BCUT2D eigenvalue weighted by atomic mass is 19.1. The number of likely N-dealkylation sites (N-methyl/N-ethyl adjacent to an activating group) is 1. The van der Waals surface area contributed by atoms with Crippen molar-refractivity contribution in [2.45, 2.75) is 12.2 Å². The molecule has 0 bridgehead atoms. The van der Waals surface area contributed by atoms with Crippen LogP contribution in [0.2, 0.25) is 0 Å². The average molecular weight is 365 g/mol. The number of oxazole rings is 1. The minimum absolute atomic E-state index is 0.0863. The third-order valence-corrected chi connectivity index (χ3v) is 4.60. The second kappa shape index (κ2) is 6.31. The van der Waals surface area contributed by atoms with E-state index in [1.54, 1.807) is 37.4 Å². The van der Waals surface area contributed by atoms with Gasteiger partial charge in [0.15, 0.2) is 12.4 Å². The Hall–Kier alpha value is -3.55. The number of alkyl halides is 1. The molecule has 1 aromatic carbocycles. The number of aliphatic imine (C=N–C) groups is 1. The Balaban J connectivity index is 1.92. The molecule has 2 N–H and O–H groups in total. The summed E-state index contributed by atoms with van der Waals surface area (Å²) in [7, 11) is 1.56. The number of nitrogens with zero attached hydrogens (tertiary/aromatic N) is 4. The summed E-state index contributed by atoms with van der Waals surface area (Å²) in [4.78, 5) is 27.4. The lowest BCUT2D eigenvalue weighted by molar-refractivity contribution is -0.129. The Bertz CT molecular complexity index is 1020. The molecule has 3 heterocycles. The van der Waals surface area contributed by atoms with Gasteiger partial charge in [0.25, 0.3) is 5.91 Å². The van der Waals surface area contributed by atoms with Gasteiger partial charge in [0.2, 0.25) is 5.54 Å². The highest BCUT2D eigenvalue weighted by Gasteiger charge is 2.50. The molecule has 27 heavy (non-hydrogen) atoms. The van der Waals surface area contributed by atoms with Crippen LogP contribution >= 0.6 is 0 Å². The fraction of sp³-hybridized carbons (Fsp3) is 0.158. The Labute approximate surface area is 154 Å². The van der Waals surface area contributed by atoms with E-state index in [0.717, 1.165) is 5.56 Å². The third kappa shape index (κ3) is 2.57. The van der Waals surface area contributed by atoms with Crippen molar-refractivity contribution >= 4 is 11.9 Å². The summed E-state index contributed by atoms with van der Waals surface area (Å²) in [6.45, 7) is -0.638. The molecule has 1 aliphatic rings. The molecular formula is C19H16FN5O2. The number of hydrogen-bond acceptors (Lipinski definition) is 6. The van der Waals surface area contributed by atoms with Crippen molar-refractivity contribution in [2.75, 3.05) is 7.05 Å². The van der Waals surface area contributed by atoms with Gasteiger partial charge in [-0.25, -0.2) is 14.4 Å². The first-order valence-electron chi connectivity index (χ1n) is 8.20. The number of benzene rings is 1. The van der Waals surface area contributed by atoms with Gasteiger partial charge in [0.05, 0.1) is 5.69 Å². The zero-order chi connectivity index (χ0) is 19.0. The van der Waals surface area contributed by atoms with Crippen LogP contribution in [0.25, 0.3) is 11.3 Å². The molecule has 0 fully saturated rings. The lowest BCUT2D eigenvalue weighted by atomic mass is 9.85. The number of rotatable bonds is 4. The molecule has 0 spiro atoms. The van der Waals surface area contributed by atoms with Crippen molar-refractivity contribution in [1.82, 2.24) is 14.9 Å². The SMILES string of the molecule is CN1C(=O)C(c2cccc(-c3cocn3)c2)(c2ccc(CF)cn2)N=C1N. The highest BCUT2D eigenvalue weighted by Crippen LogP contribution is 2.39. The summed E-state index contributed by atoms with van der Waals surface area (Å²) in [5.74, 6) is -0.249. The van der Waals surface area contributed by atoms with E-state index >= 15 is 0 Å². The third-order valence-electron chi connectivity index (χ3n) is 4.60. The Kier molecular flexibility index (Phi) is 3.95. The molecule has 2 aromatic heterocycles. The molecule has 0 saturated heterocycles. The second-order valence-corrected chi connectivity index (χ2v) is 6.18. The summed E-state index contributed by atoms with van der Waals surface area (Å²) in [5, 5.41) is 0. The highest BCUT2D eigenvalue weighted by molar-refractivity contribution is 6.08. The van der Waals surface area contributed by atoms with Gasteiger partial charge in [-0.05, 0) is 17.7 Å². The van der Waals surface area contributed by atoms with Crippen LogP contribution in [-0.4, -0.2) is 33.8 Å². The van der Waals surface area contributed by atoms with Crippen LogP contribution < -0.4 is 5.73 Å². The topological polar surface area (TPSA) is 97.6 Å². The maximum atomic E-state index is 13.2. The largest absolute Gasteiger partial charge is 0.451 e. The number of pyridine rings is 1. The first-order chi connectivity index (χ1) is 13.1. The molecular weight excluding hydrogens is 349 g/mol. The Morgan fingerprint density at radius 2 is 2.11 bits per heavy atom. The summed E-state index contributed by atoms with van der Waals surface area (Å²) in [6.07, 6.45) is 4.25. The van der Waals surface area contributed by atoms with Gasteiger partial charge in [-0.3, -0.25) is 14.7 Å². The van der Waals surface area contributed by atoms with Crippen molar-refractivity contribution in [1.29, 1.82) is 0 Å². The number of hydrogen-bond donors (Lipinski definition) is 1. The summed E-state index contributed by atoms with van der Waals surface area (Å²) in [5.41, 5.74) is 7.27. The zero-order valence-corrected chi connectivity index (χ0v) is 14.5. The molecule has 136 valence electrons. The average Bonchev–Trinajstić information content (AvgIpc) is 3.32. The molecule has 1 aliphatic heterocycles. The number of halogens is 1. The number of carbonyl (C=O) groups is 1. The quantitative estimate of drug-likeness (QED) is 0.765. The number of nitrogens with two attached hydrogens (primary N) is 1. The zero-order valence-electron chi connectivity index (χ0n) is 14.5. The molecule has 7 nitrogen and oxygen atoms in total. The minimum Gasteiger partial charge on any atom is -0.451 e. The smallest absolute Gasteiger partial charge is 0.267 e. The molecule has 1 amide bonds. The van der Waals surface area contributed by atoms with Crippen LogP contribution in [0.1, 0.15) is 16.8 Å². The van der Waals surface area contributed by atoms with Crippen molar-refractivity contribution in [3.63, 3.8) is 0 Å². The number of guanidine groups is 1. The normalized spacial score (nSPS) is 19.4. The van der Waals surface area contributed by atoms with Crippen LogP contribution in [0.3, 0.4) is 0 Å². The second-order valence-electron chi connectivity index (χ2n) is 6.18. The van der Waals surface area contributed by atoms with Crippen LogP contribution in [-0.2, 0) is 17.0 Å². The minimum atomic E-state index is -1.44. The molecule has 1 atom stereocenters. The number of aromatic nitrogens is 2. The van der Waals surface area contributed by atoms with Crippen molar-refractivity contribution in [2.24, 2.45) is 10.7 Å². The first kappa shape index (κ1) is 16.9. The molecule has 3 aromatic rings. The number of carbonyl (C=O) groups excluding carboxylic acids is 1. The Morgan fingerprint density at radius 3 is 2.70 bits per heavy atom. The summed E-state index contributed by atoms with van der Waals surface area (Å²) >= 11 is 0. The van der Waals surface area contributed by atoms with E-state index in [0.29, 0.717) is 22.5 Å². The standard InChI is InChI=1S/C19H16FN5O2/c1-25-17(26)19(24-18(25)21,16-6-5-12(8-20)9-22-16)14-4-2-3-13(7-14)15-10-27-11-23-15/h2-7,9-11H,8H2,1H3,(H2,21,24). The van der Waals surface area contributed by atoms with Gasteiger partial charge in [-0.2, -0.15) is 0 Å². The lowest BCUT2D eigenvalue weighted by Gasteiger charge is -2.25. The van der Waals surface area contributed by atoms with Gasteiger partial charge in [-0.15, -0.1) is 0 Å². The predicted octanol–water partition coefficient (Wildman–Crippen LogP) is 2.24. The molecule has 0 radical (unpaired) electrons. The van der Waals surface area contributed by atoms with Crippen LogP contribution in [0.5, 0.6) is 0 Å². The molecule has 4 rings (SSSR count). The van der Waals surface area contributed by atoms with Gasteiger partial charge in [-0.1, -0.05) is 24.3 Å². The van der Waals surface area contributed by atoms with Crippen molar-refractivity contribution < 1.29 is 13.6 Å². The van der Waals surface area contributed by atoms with Crippen LogP contribution in [0.4, 0.5) is 4.39 Å². The molecule has 0 saturated carbocycles. The Morgan fingerprint density at radius 1 is 1.26 bits per heavy atom. The van der Waals surface area contributed by atoms with E-state index in [1.165, 1.54) is 23.8 Å². The maximum absolute atomic E-state index is 13.2. The van der Waals surface area contributed by atoms with E-state index in [9.17, 15) is 9.18 Å². The van der Waals surface area contributed by atoms with Crippen LogP contribution in [0, 0.1) is 0 Å². The molecule has 0 aliphatic carbocycles. The van der Waals surface area contributed by atoms with E-state index in [-0.39, 0.29) is 11.9 Å². The maximum Gasteiger partial charge on any atom is 0.267 e. The van der Waals surface area contributed by atoms with Gasteiger partial charge in [0, 0.05) is 24.4 Å². The fourth-order valence-electron chi connectivity index (χ4n) is 3.12. The predicted molar refractivity (Wildman–Crippen MR) is 96.2 cm³/mol. The van der Waals surface area contributed by atoms with Crippen molar-refractivity contribution in [3.8, 4) is 11.3 Å². The van der Waals surface area contributed by atoms with Gasteiger partial charge in [0.1, 0.15) is 18.6 Å². The fourth-order valence-corrected chi connectivity index (χ4v) is 3.12. The summed E-state index contributed by atoms with van der Waals surface area (Å²) in [6, 6.07) is 10.4. The van der Waals surface area contributed by atoms with Gasteiger partial charge >= 0.3 is 0 Å². The summed E-state index contributed by atoms with van der Waals surface area (Å²) < 4.78 is 17.9. The van der Waals surface area contributed by atoms with Gasteiger partial charge < -0.3 is 10.2 Å². The van der Waals surface area contributed by atoms with E-state index < -0.39 is 12.2 Å². The monoisotopic (exact) mass is 365 g/mol. The van der Waals surface area contributed by atoms with E-state index in [2.05, 4.69) is 15.0 Å². The van der Waals surface area contributed by atoms with Crippen molar-refractivity contribution in [3.05, 3.63) is 72.1 Å². The van der Waals surface area contributed by atoms with Crippen LogP contribution in [0.15, 0.2) is 64.7 Å². The van der Waals surface area contributed by atoms with E-state index in [1.807, 2.05) is 6.07 Å². The molecule has 1 unspecified atom stereocenters. The molecule has 8 heteroatoms. The lowest BCUT2D eigenvalue weighted by Crippen LogP contribution is -2.41. The number of amides is 1.